The third-order valence-electron chi connectivity index (χ3n) is 3.63. The standard InChI is InChI=1S/C13H14F3N5O/c1-7-5-17-21(6-7)12-8(4-9(12)22)18-11-3-2-10(19-20-11)13(14,15)16/h2-3,5-6,8-9,12,22H,4H2,1H3,(H,18,20)/t8-,9+,12+/m0/s1. The summed E-state index contributed by atoms with van der Waals surface area (Å²) in [7, 11) is 0. The normalized spacial score (nSPS) is 24.9. The number of anilines is 1. The van der Waals surface area contributed by atoms with Crippen molar-refractivity contribution in [3.63, 3.8) is 0 Å². The predicted molar refractivity (Wildman–Crippen MR) is 71.1 cm³/mol. The lowest BCUT2D eigenvalue weighted by atomic mass is 9.83. The third-order valence-corrected chi connectivity index (χ3v) is 3.63. The van der Waals surface area contributed by atoms with Gasteiger partial charge in [-0.1, -0.05) is 0 Å². The summed E-state index contributed by atoms with van der Waals surface area (Å²) in [4.78, 5) is 0. The molecule has 2 aromatic rings. The fourth-order valence-corrected chi connectivity index (χ4v) is 2.46. The molecule has 2 heterocycles. The van der Waals surface area contributed by atoms with Crippen molar-refractivity contribution in [2.75, 3.05) is 5.32 Å². The molecule has 0 saturated heterocycles. The summed E-state index contributed by atoms with van der Waals surface area (Å²) in [6.45, 7) is 1.89. The van der Waals surface area contributed by atoms with Crippen molar-refractivity contribution < 1.29 is 18.3 Å². The minimum atomic E-state index is -4.51. The van der Waals surface area contributed by atoms with Gasteiger partial charge in [0.1, 0.15) is 5.82 Å². The van der Waals surface area contributed by atoms with Crippen LogP contribution in [0.4, 0.5) is 19.0 Å². The molecule has 1 fully saturated rings. The molecule has 22 heavy (non-hydrogen) atoms. The quantitative estimate of drug-likeness (QED) is 0.903. The fraction of sp³-hybridized carbons (Fsp3) is 0.462. The monoisotopic (exact) mass is 313 g/mol. The van der Waals surface area contributed by atoms with Gasteiger partial charge in [-0.3, -0.25) is 4.68 Å². The number of aliphatic hydroxyl groups excluding tert-OH is 1. The van der Waals surface area contributed by atoms with E-state index in [-0.39, 0.29) is 17.9 Å². The van der Waals surface area contributed by atoms with Gasteiger partial charge in [-0.15, -0.1) is 10.2 Å². The number of halogens is 3. The van der Waals surface area contributed by atoms with Crippen LogP contribution in [0.25, 0.3) is 0 Å². The average molecular weight is 313 g/mol. The zero-order valence-electron chi connectivity index (χ0n) is 11.6. The second-order valence-electron chi connectivity index (χ2n) is 5.34. The average Bonchev–Trinajstić information content (AvgIpc) is 2.83. The highest BCUT2D eigenvalue weighted by molar-refractivity contribution is 5.36. The van der Waals surface area contributed by atoms with Gasteiger partial charge < -0.3 is 10.4 Å². The molecule has 118 valence electrons. The lowest BCUT2D eigenvalue weighted by molar-refractivity contribution is -0.141. The topological polar surface area (TPSA) is 75.9 Å². The Balaban J connectivity index is 1.70. The minimum Gasteiger partial charge on any atom is -0.391 e. The van der Waals surface area contributed by atoms with Crippen LogP contribution in [0.5, 0.6) is 0 Å². The molecular formula is C13H14F3N5O. The van der Waals surface area contributed by atoms with Crippen LogP contribution >= 0.6 is 0 Å². The van der Waals surface area contributed by atoms with E-state index < -0.39 is 18.0 Å². The molecule has 3 rings (SSSR count). The Morgan fingerprint density at radius 3 is 2.59 bits per heavy atom. The number of rotatable bonds is 3. The van der Waals surface area contributed by atoms with Crippen LogP contribution in [0, 0.1) is 6.92 Å². The van der Waals surface area contributed by atoms with Gasteiger partial charge >= 0.3 is 6.18 Å². The molecule has 0 unspecified atom stereocenters. The zero-order valence-corrected chi connectivity index (χ0v) is 11.6. The molecule has 1 aliphatic rings. The number of aromatic nitrogens is 4. The number of alkyl halides is 3. The van der Waals surface area contributed by atoms with Crippen molar-refractivity contribution in [1.29, 1.82) is 0 Å². The molecule has 9 heteroatoms. The van der Waals surface area contributed by atoms with Gasteiger partial charge in [0, 0.05) is 6.20 Å². The van der Waals surface area contributed by atoms with Gasteiger partial charge in [-0.05, 0) is 31.0 Å². The van der Waals surface area contributed by atoms with Crippen LogP contribution < -0.4 is 5.32 Å². The van der Waals surface area contributed by atoms with Crippen molar-refractivity contribution in [1.82, 2.24) is 20.0 Å². The smallest absolute Gasteiger partial charge is 0.391 e. The number of hydrogen-bond acceptors (Lipinski definition) is 5. The van der Waals surface area contributed by atoms with Crippen molar-refractivity contribution in [3.8, 4) is 0 Å². The minimum absolute atomic E-state index is 0.166. The van der Waals surface area contributed by atoms with Gasteiger partial charge in [0.25, 0.3) is 0 Å². The molecule has 0 amide bonds. The van der Waals surface area contributed by atoms with Crippen LogP contribution in [0.15, 0.2) is 24.5 Å². The molecule has 0 radical (unpaired) electrons. The van der Waals surface area contributed by atoms with E-state index in [1.807, 2.05) is 6.92 Å². The first-order chi connectivity index (χ1) is 10.3. The SMILES string of the molecule is Cc1cnn([C@H]2[C@H](O)C[C@@H]2Nc2ccc(C(F)(F)F)nn2)c1. The fourth-order valence-electron chi connectivity index (χ4n) is 2.46. The Bertz CT molecular complexity index is 654. The highest BCUT2D eigenvalue weighted by Gasteiger charge is 2.42. The zero-order chi connectivity index (χ0) is 15.9. The Hall–Kier alpha value is -2.16. The molecule has 0 spiro atoms. The summed E-state index contributed by atoms with van der Waals surface area (Å²) in [6.07, 6.45) is -1.11. The first kappa shape index (κ1) is 14.8. The summed E-state index contributed by atoms with van der Waals surface area (Å²) < 4.78 is 38.9. The number of nitrogens with one attached hydrogen (secondary N) is 1. The van der Waals surface area contributed by atoms with Crippen LogP contribution in [-0.4, -0.2) is 37.2 Å². The van der Waals surface area contributed by atoms with Crippen LogP contribution in [0.3, 0.4) is 0 Å². The van der Waals surface area contributed by atoms with E-state index in [4.69, 9.17) is 0 Å². The van der Waals surface area contributed by atoms with E-state index in [0.717, 1.165) is 11.6 Å². The summed E-state index contributed by atoms with van der Waals surface area (Å²) in [6, 6.07) is 1.65. The van der Waals surface area contributed by atoms with Gasteiger partial charge in [0.05, 0.1) is 24.4 Å². The van der Waals surface area contributed by atoms with Gasteiger partial charge in [-0.25, -0.2) is 0 Å². The van der Waals surface area contributed by atoms with Gasteiger partial charge in [-0.2, -0.15) is 18.3 Å². The summed E-state index contributed by atoms with van der Waals surface area (Å²) in [5.41, 5.74) is -0.0712. The summed E-state index contributed by atoms with van der Waals surface area (Å²) >= 11 is 0. The van der Waals surface area contributed by atoms with Crippen molar-refractivity contribution in [2.24, 2.45) is 0 Å². The molecule has 0 bridgehead atoms. The molecular weight excluding hydrogens is 299 g/mol. The van der Waals surface area contributed by atoms with Gasteiger partial charge in [0.15, 0.2) is 5.69 Å². The van der Waals surface area contributed by atoms with Crippen molar-refractivity contribution >= 4 is 5.82 Å². The molecule has 1 saturated carbocycles. The molecule has 1 aliphatic carbocycles. The Kier molecular flexibility index (Phi) is 3.51. The largest absolute Gasteiger partial charge is 0.435 e. The number of aliphatic hydroxyl groups is 1. The second-order valence-corrected chi connectivity index (χ2v) is 5.34. The maximum atomic E-state index is 12.4. The highest BCUT2D eigenvalue weighted by Crippen LogP contribution is 2.35. The van der Waals surface area contributed by atoms with E-state index >= 15 is 0 Å². The predicted octanol–water partition coefficient (Wildman–Crippen LogP) is 1.79. The summed E-state index contributed by atoms with van der Waals surface area (Å²) in [5, 5.41) is 23.7. The molecule has 3 atom stereocenters. The van der Waals surface area contributed by atoms with E-state index in [0.29, 0.717) is 6.42 Å². The van der Waals surface area contributed by atoms with E-state index in [1.54, 1.807) is 17.1 Å². The molecule has 2 aromatic heterocycles. The van der Waals surface area contributed by atoms with Crippen molar-refractivity contribution in [2.45, 2.75) is 37.7 Å². The van der Waals surface area contributed by atoms with E-state index in [9.17, 15) is 18.3 Å². The maximum Gasteiger partial charge on any atom is 0.435 e. The molecule has 6 nitrogen and oxygen atoms in total. The second kappa shape index (κ2) is 5.24. The number of aryl methyl sites for hydroxylation is 1. The Morgan fingerprint density at radius 2 is 2.09 bits per heavy atom. The Morgan fingerprint density at radius 1 is 1.32 bits per heavy atom. The lowest BCUT2D eigenvalue weighted by Crippen LogP contribution is -2.51. The van der Waals surface area contributed by atoms with E-state index in [2.05, 4.69) is 20.6 Å². The van der Waals surface area contributed by atoms with Crippen molar-refractivity contribution in [3.05, 3.63) is 35.8 Å². The highest BCUT2D eigenvalue weighted by atomic mass is 19.4. The van der Waals surface area contributed by atoms with E-state index in [1.165, 1.54) is 6.07 Å². The maximum absolute atomic E-state index is 12.4. The van der Waals surface area contributed by atoms with Crippen LogP contribution in [0.2, 0.25) is 0 Å². The summed E-state index contributed by atoms with van der Waals surface area (Å²) in [5.74, 6) is 0.235. The third kappa shape index (κ3) is 2.76. The number of nitrogens with zero attached hydrogens (tertiary/aromatic N) is 4. The van der Waals surface area contributed by atoms with Crippen LogP contribution in [0.1, 0.15) is 23.7 Å². The molecule has 0 aliphatic heterocycles. The van der Waals surface area contributed by atoms with Gasteiger partial charge in [0.2, 0.25) is 0 Å². The Labute approximate surface area is 124 Å². The first-order valence-electron chi connectivity index (χ1n) is 6.71. The first-order valence-corrected chi connectivity index (χ1v) is 6.71. The van der Waals surface area contributed by atoms with Crippen LogP contribution in [-0.2, 0) is 6.18 Å². The molecule has 2 N–H and O–H groups in total. The molecule has 0 aromatic carbocycles. The lowest BCUT2D eigenvalue weighted by Gasteiger charge is -2.42. The number of hydrogen-bond donors (Lipinski definition) is 2.